The highest BCUT2D eigenvalue weighted by Crippen LogP contribution is 2.40. The Hall–Kier alpha value is -6.60. The Morgan fingerprint density at radius 2 is 1.56 bits per heavy atom. The van der Waals surface area contributed by atoms with Gasteiger partial charge in [0.2, 0.25) is 11.8 Å². The topological polar surface area (TPSA) is 217 Å². The van der Waals surface area contributed by atoms with Crippen molar-refractivity contribution in [3.8, 4) is 22.8 Å². The Bertz CT molecular complexity index is 2450. The fourth-order valence-electron chi connectivity index (χ4n) is 9.41. The standard InChI is InChI=1S/C50H61N9O9/c1-55(25-27-65-29-31-67-32-30-66-28-26-57-44(61)17-16-42(50(57)64)58-33-39-38(49(58)63)9-5-10-40(39)51)22-6-11-43(60)56-23-19-34(20-24-56)41-18-21-53-48-45(47(52)62)46(54-59(41)48)35-12-14-37(15-13-35)68-36-7-3-2-4-8-36/h2-15,34,41-42,53H,16-33,51H2,1H3,(H2,52,62). The SMILES string of the molecule is CN(CC=CC(=O)N1CCC(C2CCNc3c(C(N)=O)c(-c4ccc(Oc5ccccc5)cc4)nn32)CC1)CCOCCOCCOCCN1C(=O)CCC(N2Cc3c(N)cccc3C2=O)C1=O. The molecule has 5 heterocycles. The molecule has 2 saturated heterocycles. The van der Waals surface area contributed by atoms with Gasteiger partial charge in [0.25, 0.3) is 17.7 Å². The van der Waals surface area contributed by atoms with Gasteiger partial charge >= 0.3 is 0 Å². The zero-order valence-electron chi connectivity index (χ0n) is 38.6. The number of aromatic nitrogens is 2. The molecule has 4 aliphatic rings. The fraction of sp³-hybridized carbons (Fsp3) is 0.440. The molecule has 4 aromatic rings. The van der Waals surface area contributed by atoms with Crippen LogP contribution in [0.5, 0.6) is 11.5 Å². The number of rotatable bonds is 21. The average molecular weight is 932 g/mol. The minimum atomic E-state index is -0.716. The number of para-hydroxylation sites is 1. The number of likely N-dealkylation sites (N-methyl/N-ethyl adjacent to an activating group) is 1. The van der Waals surface area contributed by atoms with E-state index in [0.29, 0.717) is 99.8 Å². The summed E-state index contributed by atoms with van der Waals surface area (Å²) in [6, 6.07) is 21.6. The molecule has 2 unspecified atom stereocenters. The Kier molecular flexibility index (Phi) is 15.8. The summed E-state index contributed by atoms with van der Waals surface area (Å²) in [5.74, 6) is 0.884. The van der Waals surface area contributed by atoms with Crippen molar-refractivity contribution in [2.75, 3.05) is 97.0 Å². The predicted octanol–water partition coefficient (Wildman–Crippen LogP) is 4.33. The molecule has 4 aliphatic heterocycles. The zero-order valence-corrected chi connectivity index (χ0v) is 38.6. The second kappa shape index (κ2) is 22.5. The van der Waals surface area contributed by atoms with Crippen LogP contribution in [0.4, 0.5) is 11.5 Å². The Labute approximate surface area is 396 Å². The highest BCUT2D eigenvalue weighted by atomic mass is 16.5. The number of nitrogens with zero attached hydrogens (tertiary/aromatic N) is 6. The molecule has 360 valence electrons. The van der Waals surface area contributed by atoms with Crippen molar-refractivity contribution < 1.29 is 42.9 Å². The van der Waals surface area contributed by atoms with E-state index in [2.05, 4.69) is 10.2 Å². The maximum atomic E-state index is 13.3. The second-order valence-electron chi connectivity index (χ2n) is 17.5. The first-order valence-corrected chi connectivity index (χ1v) is 23.5. The van der Waals surface area contributed by atoms with Gasteiger partial charge < -0.3 is 50.4 Å². The number of anilines is 2. The highest BCUT2D eigenvalue weighted by molar-refractivity contribution is 6.06. The zero-order chi connectivity index (χ0) is 47.6. The van der Waals surface area contributed by atoms with E-state index in [1.165, 1.54) is 9.80 Å². The number of piperidine rings is 2. The highest BCUT2D eigenvalue weighted by Gasteiger charge is 2.43. The van der Waals surface area contributed by atoms with Crippen LogP contribution in [-0.2, 0) is 35.1 Å². The Balaban J connectivity index is 0.682. The van der Waals surface area contributed by atoms with E-state index in [1.807, 2.05) is 77.3 Å². The number of nitrogens with two attached hydrogens (primary N) is 2. The predicted molar refractivity (Wildman–Crippen MR) is 254 cm³/mol. The number of nitrogen functional groups attached to an aromatic ring is 1. The normalized spacial score (nSPS) is 18.6. The van der Waals surface area contributed by atoms with Crippen LogP contribution in [0.3, 0.4) is 0 Å². The smallest absolute Gasteiger partial charge is 0.255 e. The van der Waals surface area contributed by atoms with Crippen molar-refractivity contribution in [1.29, 1.82) is 0 Å². The number of primary amides is 1. The van der Waals surface area contributed by atoms with Crippen LogP contribution in [0.25, 0.3) is 11.3 Å². The summed E-state index contributed by atoms with van der Waals surface area (Å²) in [5, 5.41) is 8.36. The quantitative estimate of drug-likeness (QED) is 0.0460. The number of imide groups is 1. The maximum Gasteiger partial charge on any atom is 0.255 e. The summed E-state index contributed by atoms with van der Waals surface area (Å²) in [6.45, 7) is 5.68. The molecular formula is C50H61N9O9. The van der Waals surface area contributed by atoms with Crippen molar-refractivity contribution in [3.63, 3.8) is 0 Å². The molecule has 68 heavy (non-hydrogen) atoms. The van der Waals surface area contributed by atoms with E-state index in [1.54, 1.807) is 24.3 Å². The molecule has 18 nitrogen and oxygen atoms in total. The molecule has 0 radical (unpaired) electrons. The van der Waals surface area contributed by atoms with Crippen LogP contribution in [0, 0.1) is 5.92 Å². The minimum Gasteiger partial charge on any atom is -0.457 e. The number of fused-ring (bicyclic) bond motifs is 2. The third kappa shape index (κ3) is 11.2. The summed E-state index contributed by atoms with van der Waals surface area (Å²) >= 11 is 0. The third-order valence-corrected chi connectivity index (χ3v) is 13.1. The molecule has 0 aliphatic carbocycles. The second-order valence-corrected chi connectivity index (χ2v) is 17.5. The number of carbonyl (C=O) groups is 5. The number of hydrogen-bond acceptors (Lipinski definition) is 13. The lowest BCUT2D eigenvalue weighted by atomic mass is 9.87. The van der Waals surface area contributed by atoms with Gasteiger partial charge in [-0.2, -0.15) is 5.10 Å². The summed E-state index contributed by atoms with van der Waals surface area (Å²) in [4.78, 5) is 71.6. The van der Waals surface area contributed by atoms with Gasteiger partial charge in [0.1, 0.15) is 34.6 Å². The number of nitrogens with one attached hydrogen (secondary N) is 1. The lowest BCUT2D eigenvalue weighted by Crippen LogP contribution is -2.55. The first kappa shape index (κ1) is 47.9. The minimum absolute atomic E-state index is 0.00687. The molecule has 2 atom stereocenters. The van der Waals surface area contributed by atoms with Gasteiger partial charge in [0, 0.05) is 74.1 Å². The number of ether oxygens (including phenoxy) is 4. The van der Waals surface area contributed by atoms with Gasteiger partial charge in [-0.1, -0.05) is 30.3 Å². The van der Waals surface area contributed by atoms with E-state index in [9.17, 15) is 24.0 Å². The monoisotopic (exact) mass is 931 g/mol. The molecule has 5 N–H and O–H groups in total. The van der Waals surface area contributed by atoms with Crippen molar-refractivity contribution in [1.82, 2.24) is 29.4 Å². The number of likely N-dealkylation sites (tertiary alicyclic amines) is 2. The van der Waals surface area contributed by atoms with Gasteiger partial charge in [0.05, 0.1) is 52.2 Å². The van der Waals surface area contributed by atoms with Gasteiger partial charge in [-0.05, 0) is 87.2 Å². The molecule has 0 bridgehead atoms. The number of benzene rings is 3. The van der Waals surface area contributed by atoms with Crippen LogP contribution in [0.2, 0.25) is 0 Å². The van der Waals surface area contributed by atoms with Crippen LogP contribution in [0.15, 0.2) is 84.9 Å². The van der Waals surface area contributed by atoms with E-state index in [4.69, 9.17) is 35.5 Å². The molecule has 1 aromatic heterocycles. The van der Waals surface area contributed by atoms with Gasteiger partial charge in [-0.15, -0.1) is 0 Å². The van der Waals surface area contributed by atoms with Crippen LogP contribution in [-0.4, -0.2) is 151 Å². The van der Waals surface area contributed by atoms with Crippen molar-refractivity contribution in [2.24, 2.45) is 11.7 Å². The van der Waals surface area contributed by atoms with Crippen LogP contribution >= 0.6 is 0 Å². The van der Waals surface area contributed by atoms with E-state index < -0.39 is 17.9 Å². The number of carbonyl (C=O) groups excluding carboxylic acids is 5. The molecule has 5 amide bonds. The van der Waals surface area contributed by atoms with Crippen molar-refractivity contribution in [2.45, 2.75) is 50.7 Å². The first-order chi connectivity index (χ1) is 33.1. The molecule has 3 aromatic carbocycles. The summed E-state index contributed by atoms with van der Waals surface area (Å²) in [5.41, 5.74) is 15.4. The van der Waals surface area contributed by atoms with Gasteiger partial charge in [0.15, 0.2) is 0 Å². The molecule has 2 fully saturated rings. The molecule has 8 rings (SSSR count). The van der Waals surface area contributed by atoms with E-state index in [-0.39, 0.29) is 62.2 Å². The third-order valence-electron chi connectivity index (χ3n) is 13.1. The Morgan fingerprint density at radius 1 is 0.853 bits per heavy atom. The van der Waals surface area contributed by atoms with Crippen molar-refractivity contribution >= 4 is 41.0 Å². The largest absolute Gasteiger partial charge is 0.457 e. The summed E-state index contributed by atoms with van der Waals surface area (Å²) in [7, 11) is 1.97. The fourth-order valence-corrected chi connectivity index (χ4v) is 9.41. The first-order valence-electron chi connectivity index (χ1n) is 23.5. The molecular weight excluding hydrogens is 871 g/mol. The average Bonchev–Trinajstić information content (AvgIpc) is 3.91. The van der Waals surface area contributed by atoms with Gasteiger partial charge in [-0.25, -0.2) is 4.68 Å². The Morgan fingerprint density at radius 3 is 2.28 bits per heavy atom. The summed E-state index contributed by atoms with van der Waals surface area (Å²) < 4.78 is 24.9. The molecule has 0 spiro atoms. The maximum absolute atomic E-state index is 13.3. The van der Waals surface area contributed by atoms with Crippen LogP contribution in [0.1, 0.15) is 64.4 Å². The lowest BCUT2D eigenvalue weighted by Gasteiger charge is -2.38. The lowest BCUT2D eigenvalue weighted by molar-refractivity contribution is -0.153. The van der Waals surface area contributed by atoms with E-state index >= 15 is 0 Å². The summed E-state index contributed by atoms with van der Waals surface area (Å²) in [6.07, 6.45) is 6.49. The molecule has 0 saturated carbocycles. The number of hydrogen-bond donors (Lipinski definition) is 3. The van der Waals surface area contributed by atoms with Crippen molar-refractivity contribution in [3.05, 3.63) is 102 Å². The van der Waals surface area contributed by atoms with Gasteiger partial charge in [-0.3, -0.25) is 28.9 Å². The van der Waals surface area contributed by atoms with E-state index in [0.717, 1.165) is 36.1 Å². The number of amides is 5. The van der Waals surface area contributed by atoms with Crippen LogP contribution < -0.4 is 21.5 Å². The molecule has 18 heteroatoms.